The molecule has 0 saturated heterocycles. The van der Waals surface area contributed by atoms with Crippen LogP contribution in [0.3, 0.4) is 0 Å². The van der Waals surface area contributed by atoms with E-state index in [-0.39, 0.29) is 10.8 Å². The first-order valence-electron chi connectivity index (χ1n) is 19.3. The zero-order valence-corrected chi connectivity index (χ0v) is 31.2. The topological polar surface area (TPSA) is 0 Å². The summed E-state index contributed by atoms with van der Waals surface area (Å²) in [5, 5.41) is 7.64. The number of benzene rings is 9. The van der Waals surface area contributed by atoms with E-state index in [2.05, 4.69) is 198 Å². The monoisotopic (exact) mass is 688 g/mol. The maximum Gasteiger partial charge on any atom is 0.0165 e. The van der Waals surface area contributed by atoms with Crippen LogP contribution in [0.2, 0.25) is 0 Å². The summed E-state index contributed by atoms with van der Waals surface area (Å²) in [6.45, 7) is 9.67. The van der Waals surface area contributed by atoms with Gasteiger partial charge in [0.05, 0.1) is 0 Å². The maximum absolute atomic E-state index is 2.53. The molecule has 0 aromatic heterocycles. The SMILES string of the molecule is CC1(C)c2ccccc2-c2c1cc(-c1ccc(-c3c4ccccc4c(-c4ccc5ccccc5c4)c4ccccc34)cc1)c1c2C(C)(C)c2ccccc2-1. The van der Waals surface area contributed by atoms with Gasteiger partial charge in [-0.3, -0.25) is 0 Å². The molecule has 11 rings (SSSR count). The Morgan fingerprint density at radius 1 is 0.296 bits per heavy atom. The highest BCUT2D eigenvalue weighted by molar-refractivity contribution is 6.21. The van der Waals surface area contributed by atoms with Crippen molar-refractivity contribution in [1.29, 1.82) is 0 Å². The number of rotatable bonds is 3. The zero-order chi connectivity index (χ0) is 36.3. The summed E-state index contributed by atoms with van der Waals surface area (Å²) in [5.74, 6) is 0. The van der Waals surface area contributed by atoms with Gasteiger partial charge in [-0.15, -0.1) is 0 Å². The predicted octanol–water partition coefficient (Wildman–Crippen LogP) is 14.8. The van der Waals surface area contributed by atoms with Crippen LogP contribution in [0.5, 0.6) is 0 Å². The van der Waals surface area contributed by atoms with Crippen molar-refractivity contribution in [2.75, 3.05) is 0 Å². The van der Waals surface area contributed by atoms with Gasteiger partial charge in [0.1, 0.15) is 0 Å². The van der Waals surface area contributed by atoms with Crippen molar-refractivity contribution in [2.45, 2.75) is 38.5 Å². The largest absolute Gasteiger partial charge is 0.0619 e. The van der Waals surface area contributed by atoms with Crippen LogP contribution in [-0.4, -0.2) is 0 Å². The van der Waals surface area contributed by atoms with Crippen molar-refractivity contribution >= 4 is 32.3 Å². The molecule has 0 heterocycles. The van der Waals surface area contributed by atoms with Gasteiger partial charge in [-0.25, -0.2) is 0 Å². The van der Waals surface area contributed by atoms with Gasteiger partial charge in [-0.2, -0.15) is 0 Å². The Balaban J connectivity index is 1.13. The highest BCUT2D eigenvalue weighted by Crippen LogP contribution is 2.61. The van der Waals surface area contributed by atoms with E-state index >= 15 is 0 Å². The third-order valence-corrected chi connectivity index (χ3v) is 12.8. The summed E-state index contributed by atoms with van der Waals surface area (Å²) in [4.78, 5) is 0. The molecule has 0 aliphatic heterocycles. The first-order chi connectivity index (χ1) is 26.3. The first kappa shape index (κ1) is 31.3. The lowest BCUT2D eigenvalue weighted by atomic mass is 9.75. The third-order valence-electron chi connectivity index (χ3n) is 12.8. The Morgan fingerprint density at radius 3 is 1.39 bits per heavy atom. The minimum Gasteiger partial charge on any atom is -0.0619 e. The zero-order valence-electron chi connectivity index (χ0n) is 31.2. The Hall–Kier alpha value is -6.24. The maximum atomic E-state index is 2.53. The fraction of sp³-hybridized carbons (Fsp3) is 0.111. The quantitative estimate of drug-likeness (QED) is 0.162. The fourth-order valence-corrected chi connectivity index (χ4v) is 10.3. The first-order valence-corrected chi connectivity index (χ1v) is 19.3. The molecule has 0 radical (unpaired) electrons. The van der Waals surface area contributed by atoms with Crippen molar-refractivity contribution in [2.24, 2.45) is 0 Å². The lowest BCUT2D eigenvalue weighted by Gasteiger charge is -2.27. The molecule has 0 saturated carbocycles. The van der Waals surface area contributed by atoms with Gasteiger partial charge in [0.2, 0.25) is 0 Å². The molecule has 0 atom stereocenters. The van der Waals surface area contributed by atoms with Crippen molar-refractivity contribution < 1.29 is 0 Å². The highest BCUT2D eigenvalue weighted by atomic mass is 14.5. The van der Waals surface area contributed by atoms with Crippen molar-refractivity contribution in [1.82, 2.24) is 0 Å². The van der Waals surface area contributed by atoms with Crippen LogP contribution in [0.15, 0.2) is 170 Å². The molecule has 0 unspecified atom stereocenters. The van der Waals surface area contributed by atoms with Gasteiger partial charge in [0.15, 0.2) is 0 Å². The average molecular weight is 689 g/mol. The molecule has 0 nitrogen and oxygen atoms in total. The lowest BCUT2D eigenvalue weighted by molar-refractivity contribution is 0.648. The molecule has 0 amide bonds. The van der Waals surface area contributed by atoms with E-state index in [4.69, 9.17) is 0 Å². The lowest BCUT2D eigenvalue weighted by Crippen LogP contribution is -2.18. The summed E-state index contributed by atoms with van der Waals surface area (Å²) in [5.41, 5.74) is 18.8. The van der Waals surface area contributed by atoms with E-state index < -0.39 is 0 Å². The van der Waals surface area contributed by atoms with Crippen LogP contribution in [-0.2, 0) is 10.8 Å². The van der Waals surface area contributed by atoms with E-state index in [1.54, 1.807) is 0 Å². The minimum absolute atomic E-state index is 0.0921. The fourth-order valence-electron chi connectivity index (χ4n) is 10.3. The molecular weight excluding hydrogens is 649 g/mol. The van der Waals surface area contributed by atoms with Crippen LogP contribution in [0, 0.1) is 0 Å². The summed E-state index contributed by atoms with van der Waals surface area (Å²) in [7, 11) is 0. The van der Waals surface area contributed by atoms with Gasteiger partial charge in [-0.05, 0) is 122 Å². The number of hydrogen-bond donors (Lipinski definition) is 0. The molecule has 256 valence electrons. The Morgan fingerprint density at radius 2 is 0.759 bits per heavy atom. The molecule has 0 heteroatoms. The van der Waals surface area contributed by atoms with Crippen LogP contribution in [0.25, 0.3) is 88.0 Å². The smallest absolute Gasteiger partial charge is 0.0165 e. The van der Waals surface area contributed by atoms with Crippen LogP contribution in [0.1, 0.15) is 49.9 Å². The molecule has 0 bridgehead atoms. The van der Waals surface area contributed by atoms with Gasteiger partial charge in [0, 0.05) is 10.8 Å². The summed E-state index contributed by atoms with van der Waals surface area (Å²) in [6, 6.07) is 63.7. The molecule has 0 fully saturated rings. The van der Waals surface area contributed by atoms with Crippen molar-refractivity contribution in [3.05, 3.63) is 192 Å². The summed E-state index contributed by atoms with van der Waals surface area (Å²) < 4.78 is 0. The standard InChI is InChI=1S/C54H40/c1-53(2)45-23-13-12-22-43(45)51-47(53)32-44(50-42-21-11-14-24-46(42)54(3,4)52(50)51)34-26-28-35(29-27-34)48-38-17-7-9-19-40(38)49(41-20-10-8-18-39(41)48)37-30-25-33-15-5-6-16-36(33)31-37/h5-32H,1-4H3. The number of fused-ring (bicyclic) bond motifs is 10. The summed E-state index contributed by atoms with van der Waals surface area (Å²) in [6.07, 6.45) is 0. The second kappa shape index (κ2) is 11.1. The van der Waals surface area contributed by atoms with Crippen LogP contribution >= 0.6 is 0 Å². The van der Waals surface area contributed by atoms with Crippen molar-refractivity contribution in [3.63, 3.8) is 0 Å². The molecular formula is C54H40. The van der Waals surface area contributed by atoms with Gasteiger partial charge < -0.3 is 0 Å². The molecule has 0 N–H and O–H groups in total. The molecule has 54 heavy (non-hydrogen) atoms. The average Bonchev–Trinajstić information content (AvgIpc) is 3.59. The van der Waals surface area contributed by atoms with E-state index in [0.29, 0.717) is 0 Å². The Bertz CT molecular complexity index is 2970. The Labute approximate surface area is 317 Å². The number of hydrogen-bond acceptors (Lipinski definition) is 0. The molecule has 2 aliphatic rings. The second-order valence-electron chi connectivity index (χ2n) is 16.4. The van der Waals surface area contributed by atoms with E-state index in [9.17, 15) is 0 Å². The molecule has 2 aliphatic carbocycles. The van der Waals surface area contributed by atoms with Gasteiger partial charge in [-0.1, -0.05) is 185 Å². The summed E-state index contributed by atoms with van der Waals surface area (Å²) >= 11 is 0. The van der Waals surface area contributed by atoms with E-state index in [1.807, 2.05) is 0 Å². The predicted molar refractivity (Wildman–Crippen MR) is 230 cm³/mol. The molecule has 9 aromatic carbocycles. The third kappa shape index (κ3) is 4.20. The van der Waals surface area contributed by atoms with Crippen LogP contribution in [0.4, 0.5) is 0 Å². The minimum atomic E-state index is -0.121. The van der Waals surface area contributed by atoms with E-state index in [1.165, 1.54) is 110 Å². The van der Waals surface area contributed by atoms with Gasteiger partial charge >= 0.3 is 0 Å². The van der Waals surface area contributed by atoms with Gasteiger partial charge in [0.25, 0.3) is 0 Å². The van der Waals surface area contributed by atoms with E-state index in [0.717, 1.165) is 0 Å². The Kier molecular flexibility index (Phi) is 6.46. The normalized spacial score (nSPS) is 14.6. The second-order valence-corrected chi connectivity index (χ2v) is 16.4. The molecule has 0 spiro atoms. The molecule has 9 aromatic rings. The van der Waals surface area contributed by atoms with Crippen molar-refractivity contribution in [3.8, 4) is 55.6 Å². The van der Waals surface area contributed by atoms with Crippen LogP contribution < -0.4 is 0 Å². The highest BCUT2D eigenvalue weighted by Gasteiger charge is 2.45.